The molecule has 1 aromatic heterocycles. The van der Waals surface area contributed by atoms with Crippen LogP contribution in [0.3, 0.4) is 0 Å². The molecule has 0 saturated carbocycles. The molecular formula is C14H18BrN3O. The van der Waals surface area contributed by atoms with Crippen LogP contribution in [0.1, 0.15) is 18.2 Å². The molecule has 5 heteroatoms. The smallest absolute Gasteiger partial charge is 0.133 e. The number of nitrogens with one attached hydrogen (secondary N) is 1. The molecule has 1 heterocycles. The first kappa shape index (κ1) is 13.9. The van der Waals surface area contributed by atoms with Crippen molar-refractivity contribution in [1.29, 1.82) is 0 Å². The van der Waals surface area contributed by atoms with Crippen molar-refractivity contribution in [1.82, 2.24) is 9.78 Å². The monoisotopic (exact) mass is 323 g/mol. The van der Waals surface area contributed by atoms with Gasteiger partial charge >= 0.3 is 0 Å². The number of rotatable bonds is 5. The summed E-state index contributed by atoms with van der Waals surface area (Å²) >= 11 is 3.48. The zero-order chi connectivity index (χ0) is 13.8. The van der Waals surface area contributed by atoms with Crippen LogP contribution in [-0.4, -0.2) is 16.3 Å². The van der Waals surface area contributed by atoms with Crippen molar-refractivity contribution in [3.05, 3.63) is 40.0 Å². The topological polar surface area (TPSA) is 39.1 Å². The zero-order valence-electron chi connectivity index (χ0n) is 11.4. The summed E-state index contributed by atoms with van der Waals surface area (Å²) in [4.78, 5) is 0. The number of hydrogen-bond acceptors (Lipinski definition) is 3. The second-order valence-electron chi connectivity index (χ2n) is 4.29. The number of halogens is 1. The number of ether oxygens (including phenoxy) is 1. The predicted molar refractivity (Wildman–Crippen MR) is 80.6 cm³/mol. The molecule has 0 bridgehead atoms. The van der Waals surface area contributed by atoms with Gasteiger partial charge in [0.05, 0.1) is 15.7 Å². The van der Waals surface area contributed by atoms with Gasteiger partial charge in [-0.3, -0.25) is 4.68 Å². The third-order valence-electron chi connectivity index (χ3n) is 2.90. The van der Waals surface area contributed by atoms with E-state index < -0.39 is 0 Å². The normalized spacial score (nSPS) is 10.5. The van der Waals surface area contributed by atoms with Gasteiger partial charge in [0.25, 0.3) is 0 Å². The van der Waals surface area contributed by atoms with Crippen molar-refractivity contribution >= 4 is 21.7 Å². The first-order chi connectivity index (χ1) is 9.13. The molecule has 1 N–H and O–H groups in total. The molecule has 0 aliphatic rings. The Hall–Kier alpha value is -1.49. The third-order valence-corrected chi connectivity index (χ3v) is 3.55. The van der Waals surface area contributed by atoms with Gasteiger partial charge < -0.3 is 10.1 Å². The van der Waals surface area contributed by atoms with Crippen molar-refractivity contribution in [2.24, 2.45) is 7.05 Å². The van der Waals surface area contributed by atoms with Crippen molar-refractivity contribution in [2.45, 2.75) is 20.5 Å². The summed E-state index contributed by atoms with van der Waals surface area (Å²) in [5.74, 6) is 1.86. The average Bonchev–Trinajstić information content (AvgIpc) is 2.64. The van der Waals surface area contributed by atoms with E-state index in [4.69, 9.17) is 4.74 Å². The highest BCUT2D eigenvalue weighted by Gasteiger charge is 2.13. The lowest BCUT2D eigenvalue weighted by molar-refractivity contribution is 0.304. The fourth-order valence-electron chi connectivity index (χ4n) is 1.98. The Bertz CT molecular complexity index is 566. The zero-order valence-corrected chi connectivity index (χ0v) is 13.0. The number of anilines is 1. The molecule has 0 spiro atoms. The molecule has 2 rings (SSSR count). The number of nitrogens with zero attached hydrogens (tertiary/aromatic N) is 2. The first-order valence-electron chi connectivity index (χ1n) is 6.27. The third kappa shape index (κ3) is 3.10. The van der Waals surface area contributed by atoms with Gasteiger partial charge in [-0.1, -0.05) is 12.1 Å². The Morgan fingerprint density at radius 1 is 1.37 bits per heavy atom. The lowest BCUT2D eigenvalue weighted by Crippen LogP contribution is -2.07. The van der Waals surface area contributed by atoms with Gasteiger partial charge in [-0.25, -0.2) is 0 Å². The van der Waals surface area contributed by atoms with Gasteiger partial charge in [-0.05, 0) is 41.9 Å². The second-order valence-corrected chi connectivity index (χ2v) is 5.14. The highest BCUT2D eigenvalue weighted by atomic mass is 79.9. The van der Waals surface area contributed by atoms with Crippen LogP contribution in [0.15, 0.2) is 28.7 Å². The summed E-state index contributed by atoms with van der Waals surface area (Å²) in [5, 5.41) is 7.75. The van der Waals surface area contributed by atoms with Crippen LogP contribution in [0.5, 0.6) is 5.75 Å². The van der Waals surface area contributed by atoms with E-state index in [0.717, 1.165) is 33.8 Å². The number of benzene rings is 1. The summed E-state index contributed by atoms with van der Waals surface area (Å²) < 4.78 is 8.68. The summed E-state index contributed by atoms with van der Waals surface area (Å²) in [6.45, 7) is 5.44. The number of aryl methyl sites for hydroxylation is 2. The van der Waals surface area contributed by atoms with Crippen LogP contribution in [-0.2, 0) is 13.7 Å². The maximum Gasteiger partial charge on any atom is 0.133 e. The first-order valence-corrected chi connectivity index (χ1v) is 7.06. The van der Waals surface area contributed by atoms with E-state index in [2.05, 4.69) is 33.3 Å². The molecule has 19 heavy (non-hydrogen) atoms. The van der Waals surface area contributed by atoms with Crippen molar-refractivity contribution < 1.29 is 4.74 Å². The molecular weight excluding hydrogens is 306 g/mol. The fraction of sp³-hybridized carbons (Fsp3) is 0.357. The summed E-state index contributed by atoms with van der Waals surface area (Å²) in [6, 6.07) is 7.84. The molecule has 4 nitrogen and oxygen atoms in total. The van der Waals surface area contributed by atoms with Crippen LogP contribution in [0.4, 0.5) is 5.82 Å². The van der Waals surface area contributed by atoms with Crippen LogP contribution in [0.2, 0.25) is 0 Å². The van der Waals surface area contributed by atoms with Crippen molar-refractivity contribution in [3.63, 3.8) is 0 Å². The Balaban J connectivity index is 2.17. The van der Waals surface area contributed by atoms with E-state index in [-0.39, 0.29) is 0 Å². The Morgan fingerprint density at radius 3 is 2.79 bits per heavy atom. The second kappa shape index (κ2) is 6.10. The standard InChI is InChI=1S/C14H18BrN3O/c1-4-16-14-11(10(2)17-18(14)3)9-19-13-8-6-5-7-12(13)15/h5-8,16H,4,9H2,1-3H3. The number of aromatic nitrogens is 2. The van der Waals surface area contributed by atoms with Crippen molar-refractivity contribution in [2.75, 3.05) is 11.9 Å². The molecule has 0 atom stereocenters. The Labute approximate surface area is 121 Å². The Kier molecular flexibility index (Phi) is 4.47. The minimum atomic E-state index is 0.505. The summed E-state index contributed by atoms with van der Waals surface area (Å²) in [6.07, 6.45) is 0. The lowest BCUT2D eigenvalue weighted by Gasteiger charge is -2.10. The van der Waals surface area contributed by atoms with Crippen LogP contribution < -0.4 is 10.1 Å². The van der Waals surface area contributed by atoms with Crippen LogP contribution >= 0.6 is 15.9 Å². The Morgan fingerprint density at radius 2 is 2.11 bits per heavy atom. The van der Waals surface area contributed by atoms with Gasteiger partial charge in [0.1, 0.15) is 18.2 Å². The van der Waals surface area contributed by atoms with Crippen LogP contribution in [0, 0.1) is 6.92 Å². The largest absolute Gasteiger partial charge is 0.488 e. The van der Waals surface area contributed by atoms with E-state index in [1.165, 1.54) is 0 Å². The van der Waals surface area contributed by atoms with Gasteiger partial charge in [0.2, 0.25) is 0 Å². The SMILES string of the molecule is CCNc1c(COc2ccccc2Br)c(C)nn1C. The average molecular weight is 324 g/mol. The van der Waals surface area contributed by atoms with E-state index in [9.17, 15) is 0 Å². The molecule has 0 aliphatic carbocycles. The minimum absolute atomic E-state index is 0.505. The molecule has 0 amide bonds. The van der Waals surface area contributed by atoms with E-state index in [0.29, 0.717) is 6.61 Å². The summed E-state index contributed by atoms with van der Waals surface area (Å²) in [5.41, 5.74) is 2.09. The molecule has 0 radical (unpaired) electrons. The van der Waals surface area contributed by atoms with E-state index in [1.807, 2.05) is 42.9 Å². The van der Waals surface area contributed by atoms with E-state index in [1.54, 1.807) is 0 Å². The molecule has 0 fully saturated rings. The minimum Gasteiger partial charge on any atom is -0.488 e. The molecule has 0 saturated heterocycles. The van der Waals surface area contributed by atoms with Crippen molar-refractivity contribution in [3.8, 4) is 5.75 Å². The maximum atomic E-state index is 5.86. The van der Waals surface area contributed by atoms with Gasteiger partial charge in [0.15, 0.2) is 0 Å². The van der Waals surface area contributed by atoms with E-state index >= 15 is 0 Å². The molecule has 2 aromatic rings. The maximum absolute atomic E-state index is 5.86. The van der Waals surface area contributed by atoms with Crippen LogP contribution in [0.25, 0.3) is 0 Å². The molecule has 1 aromatic carbocycles. The quantitative estimate of drug-likeness (QED) is 0.915. The highest BCUT2D eigenvalue weighted by Crippen LogP contribution is 2.26. The number of hydrogen-bond donors (Lipinski definition) is 1. The molecule has 102 valence electrons. The summed E-state index contributed by atoms with van der Waals surface area (Å²) in [7, 11) is 1.94. The highest BCUT2D eigenvalue weighted by molar-refractivity contribution is 9.10. The molecule has 0 unspecified atom stereocenters. The lowest BCUT2D eigenvalue weighted by atomic mass is 10.2. The predicted octanol–water partition coefficient (Wildman–Crippen LogP) is 3.50. The van der Waals surface area contributed by atoms with Gasteiger partial charge in [-0.2, -0.15) is 5.10 Å². The van der Waals surface area contributed by atoms with Gasteiger partial charge in [0, 0.05) is 13.6 Å². The van der Waals surface area contributed by atoms with Gasteiger partial charge in [-0.15, -0.1) is 0 Å². The number of para-hydroxylation sites is 1. The fourth-order valence-corrected chi connectivity index (χ4v) is 2.37. The molecule has 0 aliphatic heterocycles.